The van der Waals surface area contributed by atoms with Crippen LogP contribution in [0.5, 0.6) is 0 Å². The smallest absolute Gasteiger partial charge is 0.310 e. The predicted molar refractivity (Wildman–Crippen MR) is 87.3 cm³/mol. The lowest BCUT2D eigenvalue weighted by Crippen LogP contribution is -2.18. The van der Waals surface area contributed by atoms with E-state index in [-0.39, 0.29) is 10.0 Å². The number of rotatable bonds is 1. The summed E-state index contributed by atoms with van der Waals surface area (Å²) in [4.78, 5) is 12.4. The highest BCUT2D eigenvalue weighted by atomic mass is 79.9. The Morgan fingerprint density at radius 2 is 1.74 bits per heavy atom. The van der Waals surface area contributed by atoms with Gasteiger partial charge in [-0.25, -0.2) is 0 Å². The van der Waals surface area contributed by atoms with Gasteiger partial charge in [0, 0.05) is 18.0 Å². The number of fused-ring (bicyclic) bond motifs is 1. The van der Waals surface area contributed by atoms with Crippen LogP contribution in [0.2, 0.25) is 0 Å². The lowest BCUT2D eigenvalue weighted by molar-refractivity contribution is -0.137. The second kappa shape index (κ2) is 5.53. The zero-order valence-electron chi connectivity index (χ0n) is 12.0. The van der Waals surface area contributed by atoms with Crippen LogP contribution in [-0.4, -0.2) is 4.57 Å². The first-order chi connectivity index (χ1) is 10.8. The SMILES string of the molecule is Cn1c(=O)c(Br)c(-c2cccc(C(F)(F)F)c2)c2ccccc21. The summed E-state index contributed by atoms with van der Waals surface area (Å²) in [6.07, 6.45) is -4.43. The Morgan fingerprint density at radius 1 is 1.04 bits per heavy atom. The molecule has 0 aliphatic rings. The molecule has 0 radical (unpaired) electrons. The lowest BCUT2D eigenvalue weighted by atomic mass is 9.99. The molecular weight excluding hydrogens is 371 g/mol. The second-order valence-corrected chi connectivity index (χ2v) is 5.94. The van der Waals surface area contributed by atoms with Crippen LogP contribution < -0.4 is 5.56 Å². The van der Waals surface area contributed by atoms with Crippen molar-refractivity contribution in [2.45, 2.75) is 6.18 Å². The largest absolute Gasteiger partial charge is 0.416 e. The van der Waals surface area contributed by atoms with Crippen molar-refractivity contribution in [3.05, 3.63) is 68.9 Å². The quantitative estimate of drug-likeness (QED) is 0.582. The molecule has 1 aromatic heterocycles. The van der Waals surface area contributed by atoms with E-state index in [1.165, 1.54) is 10.6 Å². The molecule has 0 atom stereocenters. The topological polar surface area (TPSA) is 22.0 Å². The molecule has 2 aromatic carbocycles. The van der Waals surface area contributed by atoms with Crippen molar-refractivity contribution >= 4 is 26.8 Å². The summed E-state index contributed by atoms with van der Waals surface area (Å²) in [7, 11) is 1.63. The molecule has 0 saturated carbocycles. The molecule has 6 heteroatoms. The van der Waals surface area contributed by atoms with Gasteiger partial charge in [-0.15, -0.1) is 0 Å². The third-order valence-electron chi connectivity index (χ3n) is 3.73. The highest BCUT2D eigenvalue weighted by Gasteiger charge is 2.30. The molecule has 0 aliphatic carbocycles. The molecule has 0 saturated heterocycles. The molecule has 0 bridgehead atoms. The van der Waals surface area contributed by atoms with Gasteiger partial charge in [0.15, 0.2) is 0 Å². The highest BCUT2D eigenvalue weighted by molar-refractivity contribution is 9.10. The van der Waals surface area contributed by atoms with Crippen LogP contribution in [0, 0.1) is 0 Å². The van der Waals surface area contributed by atoms with Crippen LogP contribution in [0.1, 0.15) is 5.56 Å². The molecule has 0 unspecified atom stereocenters. The Bertz CT molecular complexity index is 960. The Labute approximate surface area is 138 Å². The molecule has 23 heavy (non-hydrogen) atoms. The van der Waals surface area contributed by atoms with Gasteiger partial charge in [-0.3, -0.25) is 4.79 Å². The summed E-state index contributed by atoms with van der Waals surface area (Å²) in [6, 6.07) is 12.1. The summed E-state index contributed by atoms with van der Waals surface area (Å²) in [5.74, 6) is 0. The van der Waals surface area contributed by atoms with E-state index in [0.29, 0.717) is 22.0 Å². The maximum absolute atomic E-state index is 13.0. The molecule has 1 heterocycles. The number of alkyl halides is 3. The van der Waals surface area contributed by atoms with Crippen LogP contribution in [0.4, 0.5) is 13.2 Å². The predicted octanol–water partition coefficient (Wildman–Crippen LogP) is 4.99. The molecule has 0 spiro atoms. The van der Waals surface area contributed by atoms with Gasteiger partial charge >= 0.3 is 6.18 Å². The van der Waals surface area contributed by atoms with Crippen LogP contribution in [0.15, 0.2) is 57.8 Å². The van der Waals surface area contributed by atoms with E-state index >= 15 is 0 Å². The number of nitrogens with zero attached hydrogens (tertiary/aromatic N) is 1. The van der Waals surface area contributed by atoms with E-state index in [1.807, 2.05) is 0 Å². The van der Waals surface area contributed by atoms with Gasteiger partial charge in [0.2, 0.25) is 0 Å². The van der Waals surface area contributed by atoms with Crippen molar-refractivity contribution in [2.75, 3.05) is 0 Å². The van der Waals surface area contributed by atoms with E-state index < -0.39 is 11.7 Å². The fourth-order valence-corrected chi connectivity index (χ4v) is 3.30. The second-order valence-electron chi connectivity index (χ2n) is 5.15. The van der Waals surface area contributed by atoms with Crippen LogP contribution in [0.3, 0.4) is 0 Å². The maximum Gasteiger partial charge on any atom is 0.416 e. The minimum Gasteiger partial charge on any atom is -0.310 e. The summed E-state index contributed by atoms with van der Waals surface area (Å²) in [5, 5.41) is 0.709. The molecule has 3 rings (SSSR count). The van der Waals surface area contributed by atoms with Gasteiger partial charge in [-0.2, -0.15) is 13.2 Å². The zero-order valence-corrected chi connectivity index (χ0v) is 13.6. The van der Waals surface area contributed by atoms with Crippen LogP contribution in [0.25, 0.3) is 22.0 Å². The molecule has 0 N–H and O–H groups in total. The number of aromatic nitrogens is 1. The summed E-state index contributed by atoms with van der Waals surface area (Å²) >= 11 is 3.25. The molecule has 0 fully saturated rings. The number of hydrogen-bond donors (Lipinski definition) is 0. The molecule has 3 aromatic rings. The number of pyridine rings is 1. The van der Waals surface area contributed by atoms with E-state index in [0.717, 1.165) is 12.1 Å². The van der Waals surface area contributed by atoms with E-state index in [1.54, 1.807) is 37.4 Å². The first-order valence-corrected chi connectivity index (χ1v) is 7.55. The van der Waals surface area contributed by atoms with Crippen molar-refractivity contribution < 1.29 is 13.2 Å². The van der Waals surface area contributed by atoms with E-state index in [4.69, 9.17) is 0 Å². The molecule has 0 aliphatic heterocycles. The normalized spacial score (nSPS) is 11.9. The summed E-state index contributed by atoms with van der Waals surface area (Å²) < 4.78 is 40.6. The van der Waals surface area contributed by atoms with Gasteiger partial charge in [0.25, 0.3) is 5.56 Å². The first kappa shape index (κ1) is 15.8. The van der Waals surface area contributed by atoms with Gasteiger partial charge in [0.1, 0.15) is 0 Å². The Balaban J connectivity index is 2.40. The average Bonchev–Trinajstić information content (AvgIpc) is 2.52. The molecular formula is C17H11BrF3NO. The zero-order chi connectivity index (χ0) is 16.8. The minimum absolute atomic E-state index is 0.248. The number of benzene rings is 2. The van der Waals surface area contributed by atoms with E-state index in [2.05, 4.69) is 15.9 Å². The summed E-state index contributed by atoms with van der Waals surface area (Å²) in [6.45, 7) is 0. The number of hydrogen-bond acceptors (Lipinski definition) is 1. The lowest BCUT2D eigenvalue weighted by Gasteiger charge is -2.14. The fourth-order valence-electron chi connectivity index (χ4n) is 2.59. The third-order valence-corrected chi connectivity index (χ3v) is 4.46. The minimum atomic E-state index is -4.43. The molecule has 0 amide bonds. The molecule has 2 nitrogen and oxygen atoms in total. The number of para-hydroxylation sites is 1. The monoisotopic (exact) mass is 381 g/mol. The van der Waals surface area contributed by atoms with Crippen LogP contribution >= 0.6 is 15.9 Å². The van der Waals surface area contributed by atoms with Gasteiger partial charge in [-0.05, 0) is 39.7 Å². The van der Waals surface area contributed by atoms with Crippen LogP contribution in [-0.2, 0) is 13.2 Å². The van der Waals surface area contributed by atoms with Crippen molar-refractivity contribution in [2.24, 2.45) is 7.05 Å². The van der Waals surface area contributed by atoms with Gasteiger partial charge in [0.05, 0.1) is 15.6 Å². The Kier molecular flexibility index (Phi) is 3.80. The van der Waals surface area contributed by atoms with Crippen molar-refractivity contribution in [1.82, 2.24) is 4.57 Å². The fraction of sp³-hybridized carbons (Fsp3) is 0.118. The van der Waals surface area contributed by atoms with Gasteiger partial charge in [-0.1, -0.05) is 30.3 Å². The Morgan fingerprint density at radius 3 is 2.43 bits per heavy atom. The van der Waals surface area contributed by atoms with Crippen molar-refractivity contribution in [3.63, 3.8) is 0 Å². The average molecular weight is 382 g/mol. The standard InChI is InChI=1S/C17H11BrF3NO/c1-22-13-8-3-2-7-12(13)14(15(18)16(22)23)10-5-4-6-11(9-10)17(19,20)21/h2-9H,1H3. The maximum atomic E-state index is 13.0. The highest BCUT2D eigenvalue weighted by Crippen LogP contribution is 2.36. The van der Waals surface area contributed by atoms with Crippen molar-refractivity contribution in [3.8, 4) is 11.1 Å². The van der Waals surface area contributed by atoms with Crippen molar-refractivity contribution in [1.29, 1.82) is 0 Å². The van der Waals surface area contributed by atoms with E-state index in [9.17, 15) is 18.0 Å². The summed E-state index contributed by atoms with van der Waals surface area (Å²) in [5.41, 5.74) is 0.436. The number of halogens is 4. The van der Waals surface area contributed by atoms with Gasteiger partial charge < -0.3 is 4.57 Å². The third kappa shape index (κ3) is 2.67. The molecule has 118 valence electrons. The Hall–Kier alpha value is -2.08. The first-order valence-electron chi connectivity index (χ1n) is 6.75. The number of aryl methyl sites for hydroxylation is 1.